The van der Waals surface area contributed by atoms with E-state index in [1.165, 1.54) is 0 Å². The first-order chi connectivity index (χ1) is 7.87. The number of hydrogen-bond donors (Lipinski definition) is 2. The lowest BCUT2D eigenvalue weighted by atomic mass is 9.60. The second kappa shape index (κ2) is 5.00. The van der Waals surface area contributed by atoms with Crippen molar-refractivity contribution in [1.82, 2.24) is 5.32 Å². The molecule has 18 heavy (non-hydrogen) atoms. The molecule has 1 amide bonds. The first kappa shape index (κ1) is 16.5. The van der Waals surface area contributed by atoms with Crippen molar-refractivity contribution in [2.24, 2.45) is 10.8 Å². The van der Waals surface area contributed by atoms with Crippen molar-refractivity contribution < 1.29 is 19.4 Å². The Hall–Kier alpha value is -1.52. The SMILES string of the molecule is C=CC(NC(=O)OC(=O)O)(C(C)(C)C)C(C)(C)C. The van der Waals surface area contributed by atoms with E-state index >= 15 is 0 Å². The smallest absolute Gasteiger partial charge is 0.449 e. The lowest BCUT2D eigenvalue weighted by molar-refractivity contribution is 0.0534. The largest absolute Gasteiger partial charge is 0.514 e. The minimum atomic E-state index is -1.63. The summed E-state index contributed by atoms with van der Waals surface area (Å²) in [4.78, 5) is 21.9. The Balaban J connectivity index is 5.44. The van der Waals surface area contributed by atoms with Gasteiger partial charge >= 0.3 is 12.2 Å². The first-order valence-corrected chi connectivity index (χ1v) is 5.74. The van der Waals surface area contributed by atoms with Crippen molar-refractivity contribution >= 4 is 12.2 Å². The van der Waals surface area contributed by atoms with E-state index in [9.17, 15) is 9.59 Å². The van der Waals surface area contributed by atoms with Crippen molar-refractivity contribution in [3.63, 3.8) is 0 Å². The van der Waals surface area contributed by atoms with Gasteiger partial charge in [0.2, 0.25) is 0 Å². The van der Waals surface area contributed by atoms with Gasteiger partial charge in [0, 0.05) is 0 Å². The second-order valence-electron chi connectivity index (χ2n) is 6.29. The zero-order valence-electron chi connectivity index (χ0n) is 12.0. The Morgan fingerprint density at radius 1 is 1.11 bits per heavy atom. The first-order valence-electron chi connectivity index (χ1n) is 5.74. The van der Waals surface area contributed by atoms with E-state index in [4.69, 9.17) is 5.11 Å². The lowest BCUT2D eigenvalue weighted by Gasteiger charge is -2.51. The quantitative estimate of drug-likeness (QED) is 0.451. The summed E-state index contributed by atoms with van der Waals surface area (Å²) in [6.07, 6.45) is -0.989. The van der Waals surface area contributed by atoms with Crippen LogP contribution in [-0.4, -0.2) is 22.9 Å². The number of hydrogen-bond acceptors (Lipinski definition) is 3. The van der Waals surface area contributed by atoms with Crippen molar-refractivity contribution in [3.8, 4) is 0 Å². The molecular formula is C13H23NO4. The standard InChI is InChI=1S/C13H23NO4/c1-8-13(11(2,3)4,12(5,6)7)14-9(15)18-10(16)17/h8H,1H2,2-7H3,(H,14,15)(H,16,17). The fourth-order valence-corrected chi connectivity index (χ4v) is 2.43. The average Bonchev–Trinajstić information content (AvgIpc) is 2.08. The molecule has 0 heterocycles. The van der Waals surface area contributed by atoms with Crippen LogP contribution in [-0.2, 0) is 4.74 Å². The molecule has 0 radical (unpaired) electrons. The number of carboxylic acid groups (broad SMARTS) is 1. The highest BCUT2D eigenvalue weighted by atomic mass is 16.7. The fraction of sp³-hybridized carbons (Fsp3) is 0.692. The van der Waals surface area contributed by atoms with Crippen LogP contribution in [0.3, 0.4) is 0 Å². The van der Waals surface area contributed by atoms with Crippen LogP contribution in [0, 0.1) is 10.8 Å². The van der Waals surface area contributed by atoms with E-state index in [0.29, 0.717) is 0 Å². The number of carbonyl (C=O) groups excluding carboxylic acids is 1. The zero-order valence-corrected chi connectivity index (χ0v) is 12.0. The van der Waals surface area contributed by atoms with Crippen molar-refractivity contribution in [1.29, 1.82) is 0 Å². The number of carbonyl (C=O) groups is 2. The van der Waals surface area contributed by atoms with Crippen molar-refractivity contribution in [2.75, 3.05) is 0 Å². The molecule has 0 aromatic rings. The normalized spacial score (nSPS) is 12.8. The molecule has 5 heteroatoms. The summed E-state index contributed by atoms with van der Waals surface area (Å²) in [7, 11) is 0. The summed E-state index contributed by atoms with van der Waals surface area (Å²) >= 11 is 0. The van der Waals surface area contributed by atoms with Gasteiger partial charge < -0.3 is 15.2 Å². The van der Waals surface area contributed by atoms with Gasteiger partial charge in [-0.3, -0.25) is 0 Å². The Morgan fingerprint density at radius 3 is 1.72 bits per heavy atom. The molecule has 0 aromatic heterocycles. The van der Waals surface area contributed by atoms with Gasteiger partial charge in [-0.1, -0.05) is 47.6 Å². The van der Waals surface area contributed by atoms with Gasteiger partial charge in [-0.2, -0.15) is 0 Å². The molecule has 0 rings (SSSR count). The van der Waals surface area contributed by atoms with Gasteiger partial charge in [-0.25, -0.2) is 9.59 Å². The molecule has 0 aliphatic rings. The van der Waals surface area contributed by atoms with Crippen LogP contribution in [0.1, 0.15) is 41.5 Å². The van der Waals surface area contributed by atoms with Crippen LogP contribution >= 0.6 is 0 Å². The maximum absolute atomic E-state index is 11.6. The average molecular weight is 257 g/mol. The zero-order chi connectivity index (χ0) is 14.8. The molecular weight excluding hydrogens is 234 g/mol. The molecule has 2 N–H and O–H groups in total. The summed E-state index contributed by atoms with van der Waals surface area (Å²) in [5.74, 6) is 0. The molecule has 0 saturated heterocycles. The maximum atomic E-state index is 11.6. The van der Waals surface area contributed by atoms with E-state index < -0.39 is 17.8 Å². The van der Waals surface area contributed by atoms with E-state index in [1.54, 1.807) is 6.08 Å². The molecule has 5 nitrogen and oxygen atoms in total. The third-order valence-electron chi connectivity index (χ3n) is 3.15. The third-order valence-corrected chi connectivity index (χ3v) is 3.15. The highest BCUT2D eigenvalue weighted by Gasteiger charge is 2.50. The predicted octanol–water partition coefficient (Wildman–Crippen LogP) is 3.41. The molecule has 0 unspecified atom stereocenters. The van der Waals surface area contributed by atoms with Crippen LogP contribution in [0.2, 0.25) is 0 Å². The van der Waals surface area contributed by atoms with E-state index in [1.807, 2.05) is 41.5 Å². The molecule has 0 spiro atoms. The Kier molecular flexibility index (Phi) is 4.58. The molecule has 0 aromatic carbocycles. The highest BCUT2D eigenvalue weighted by molar-refractivity contribution is 5.80. The number of ether oxygens (including phenoxy) is 1. The Morgan fingerprint density at radius 2 is 1.50 bits per heavy atom. The topological polar surface area (TPSA) is 75.6 Å². The van der Waals surface area contributed by atoms with Crippen LogP contribution in [0.25, 0.3) is 0 Å². The summed E-state index contributed by atoms with van der Waals surface area (Å²) in [6, 6.07) is 0. The minimum absolute atomic E-state index is 0.357. The Labute approximate surface area is 108 Å². The number of amides is 1. The minimum Gasteiger partial charge on any atom is -0.449 e. The number of nitrogens with one attached hydrogen (secondary N) is 1. The summed E-state index contributed by atoms with van der Waals surface area (Å²) < 4.78 is 4.12. The molecule has 0 atom stereocenters. The number of rotatable bonds is 2. The monoisotopic (exact) mass is 257 g/mol. The molecule has 104 valence electrons. The summed E-state index contributed by atoms with van der Waals surface area (Å²) in [5.41, 5.74) is -1.51. The van der Waals surface area contributed by atoms with Gasteiger partial charge in [0.15, 0.2) is 0 Å². The number of alkyl carbamates (subject to hydrolysis) is 1. The fourth-order valence-electron chi connectivity index (χ4n) is 2.43. The highest BCUT2D eigenvalue weighted by Crippen LogP contribution is 2.44. The van der Waals surface area contributed by atoms with E-state index in [2.05, 4.69) is 16.6 Å². The van der Waals surface area contributed by atoms with Gasteiger partial charge in [0.25, 0.3) is 0 Å². The van der Waals surface area contributed by atoms with E-state index in [0.717, 1.165) is 0 Å². The van der Waals surface area contributed by atoms with Crippen LogP contribution in [0.5, 0.6) is 0 Å². The molecule has 0 aliphatic carbocycles. The lowest BCUT2D eigenvalue weighted by Crippen LogP contribution is -2.63. The van der Waals surface area contributed by atoms with Gasteiger partial charge in [-0.05, 0) is 10.8 Å². The Bertz CT molecular complexity index is 333. The molecule has 0 aliphatic heterocycles. The van der Waals surface area contributed by atoms with Gasteiger partial charge in [-0.15, -0.1) is 6.58 Å². The predicted molar refractivity (Wildman–Crippen MR) is 69.5 cm³/mol. The molecule has 0 bridgehead atoms. The summed E-state index contributed by atoms with van der Waals surface area (Å²) in [5, 5.41) is 11.1. The maximum Gasteiger partial charge on any atom is 0.514 e. The summed E-state index contributed by atoms with van der Waals surface area (Å²) in [6.45, 7) is 15.5. The van der Waals surface area contributed by atoms with Crippen molar-refractivity contribution in [3.05, 3.63) is 12.7 Å². The van der Waals surface area contributed by atoms with E-state index in [-0.39, 0.29) is 10.8 Å². The molecule has 0 saturated carbocycles. The van der Waals surface area contributed by atoms with Gasteiger partial charge in [0.1, 0.15) is 0 Å². The third kappa shape index (κ3) is 3.24. The van der Waals surface area contributed by atoms with Crippen molar-refractivity contribution in [2.45, 2.75) is 47.1 Å². The van der Waals surface area contributed by atoms with Crippen LogP contribution in [0.4, 0.5) is 9.59 Å². The van der Waals surface area contributed by atoms with Gasteiger partial charge in [0.05, 0.1) is 5.54 Å². The second-order valence-corrected chi connectivity index (χ2v) is 6.29. The van der Waals surface area contributed by atoms with Crippen LogP contribution < -0.4 is 5.32 Å². The molecule has 0 fully saturated rings. The van der Waals surface area contributed by atoms with Crippen LogP contribution in [0.15, 0.2) is 12.7 Å².